The fourth-order valence-corrected chi connectivity index (χ4v) is 5.82. The number of alkyl halides is 3. The predicted octanol–water partition coefficient (Wildman–Crippen LogP) is 3.92. The number of ether oxygens (including phenoxy) is 1. The van der Waals surface area contributed by atoms with Gasteiger partial charge in [-0.05, 0) is 50.3 Å². The number of carbonyl (C=O) groups excluding carboxylic acids is 1. The van der Waals surface area contributed by atoms with Gasteiger partial charge < -0.3 is 4.74 Å². The van der Waals surface area contributed by atoms with Crippen LogP contribution in [0, 0.1) is 11.7 Å². The van der Waals surface area contributed by atoms with Crippen LogP contribution in [0.3, 0.4) is 0 Å². The van der Waals surface area contributed by atoms with Crippen molar-refractivity contribution in [3.8, 4) is 5.19 Å². The Morgan fingerprint density at radius 1 is 1.24 bits per heavy atom. The van der Waals surface area contributed by atoms with E-state index in [0.717, 1.165) is 62.4 Å². The van der Waals surface area contributed by atoms with Crippen LogP contribution >= 0.6 is 11.3 Å². The van der Waals surface area contributed by atoms with Crippen molar-refractivity contribution in [1.82, 2.24) is 30.1 Å². The molecule has 8 nitrogen and oxygen atoms in total. The first-order valence-corrected chi connectivity index (χ1v) is 13.0. The summed E-state index contributed by atoms with van der Waals surface area (Å²) < 4.78 is 57.5. The molecule has 3 aromatic rings. The molecule has 200 valence electrons. The van der Waals surface area contributed by atoms with E-state index in [0.29, 0.717) is 23.4 Å². The molecule has 0 spiro atoms. The maximum absolute atomic E-state index is 14.0. The van der Waals surface area contributed by atoms with Gasteiger partial charge in [-0.25, -0.2) is 14.4 Å². The fraction of sp³-hybridized carbons (Fsp3) is 0.542. The van der Waals surface area contributed by atoms with Crippen molar-refractivity contribution in [3.05, 3.63) is 40.3 Å². The molecule has 4 heterocycles. The molecule has 0 unspecified atom stereocenters. The van der Waals surface area contributed by atoms with Crippen LogP contribution in [-0.2, 0) is 20.0 Å². The lowest BCUT2D eigenvalue weighted by Crippen LogP contribution is -2.47. The molecule has 0 bridgehead atoms. The number of aromatic nitrogens is 3. The lowest BCUT2D eigenvalue weighted by Gasteiger charge is -2.33. The Kier molecular flexibility index (Phi) is 7.37. The van der Waals surface area contributed by atoms with E-state index in [-0.39, 0.29) is 16.6 Å². The SMILES string of the molecule is Cn1cc2c(C(=O)NN3CCC(CCN4CCc5sc(OCC(F)(F)F)nc5C4)CC3)ccc(F)c2n1. The second kappa shape index (κ2) is 10.5. The standard InChI is InChI=1S/C24H28F4N6O2S/c1-32-12-17-16(2-3-18(25)21(17)30-32)22(35)31-34-10-5-15(6-11-34)4-8-33-9-7-20-19(13-33)29-23(37-20)36-14-24(26,27)28/h2-3,12,15H,4-11,13-14H2,1H3,(H,31,35). The van der Waals surface area contributed by atoms with Gasteiger partial charge in [0.1, 0.15) is 5.52 Å². The molecule has 2 aliphatic rings. The molecule has 5 rings (SSSR count). The van der Waals surface area contributed by atoms with E-state index >= 15 is 0 Å². The summed E-state index contributed by atoms with van der Waals surface area (Å²) in [7, 11) is 1.69. The van der Waals surface area contributed by atoms with Crippen molar-refractivity contribution >= 4 is 28.1 Å². The highest BCUT2D eigenvalue weighted by atomic mass is 32.1. The molecule has 2 aromatic heterocycles. The highest BCUT2D eigenvalue weighted by Crippen LogP contribution is 2.31. The second-order valence-corrected chi connectivity index (χ2v) is 10.6. The van der Waals surface area contributed by atoms with Crippen LogP contribution in [0.2, 0.25) is 0 Å². The molecule has 1 saturated heterocycles. The Bertz CT molecular complexity index is 1270. The molecular formula is C24H28F4N6O2S. The molecule has 1 aromatic carbocycles. The smallest absolute Gasteiger partial charge is 0.422 e. The maximum Gasteiger partial charge on any atom is 0.422 e. The third kappa shape index (κ3) is 6.21. The maximum atomic E-state index is 14.0. The number of rotatable bonds is 7. The molecule has 37 heavy (non-hydrogen) atoms. The van der Waals surface area contributed by atoms with E-state index in [1.54, 1.807) is 13.2 Å². The van der Waals surface area contributed by atoms with Gasteiger partial charge in [-0.1, -0.05) is 11.3 Å². The summed E-state index contributed by atoms with van der Waals surface area (Å²) in [4.78, 5) is 20.4. The monoisotopic (exact) mass is 540 g/mol. The fourth-order valence-electron chi connectivity index (χ4n) is 4.91. The van der Waals surface area contributed by atoms with Crippen molar-refractivity contribution in [2.75, 3.05) is 32.8 Å². The van der Waals surface area contributed by atoms with Gasteiger partial charge in [0.2, 0.25) is 0 Å². The normalized spacial score (nSPS) is 17.8. The average molecular weight is 541 g/mol. The molecule has 13 heteroatoms. The first kappa shape index (κ1) is 25.9. The number of hydrazine groups is 1. The minimum atomic E-state index is -4.37. The van der Waals surface area contributed by atoms with E-state index < -0.39 is 18.6 Å². The van der Waals surface area contributed by atoms with Gasteiger partial charge in [0, 0.05) is 49.7 Å². The van der Waals surface area contributed by atoms with Crippen molar-refractivity contribution in [2.24, 2.45) is 13.0 Å². The van der Waals surface area contributed by atoms with Gasteiger partial charge in [0.25, 0.3) is 11.1 Å². The van der Waals surface area contributed by atoms with E-state index in [9.17, 15) is 22.4 Å². The number of aryl methyl sites for hydroxylation is 1. The zero-order chi connectivity index (χ0) is 26.2. The molecular weight excluding hydrogens is 512 g/mol. The third-order valence-electron chi connectivity index (χ3n) is 6.86. The van der Waals surface area contributed by atoms with E-state index in [4.69, 9.17) is 4.74 Å². The number of hydrogen-bond donors (Lipinski definition) is 1. The number of benzene rings is 1. The zero-order valence-corrected chi connectivity index (χ0v) is 21.2. The summed E-state index contributed by atoms with van der Waals surface area (Å²) in [6, 6.07) is 2.75. The Morgan fingerprint density at radius 3 is 2.78 bits per heavy atom. The van der Waals surface area contributed by atoms with Crippen LogP contribution in [0.5, 0.6) is 5.19 Å². The van der Waals surface area contributed by atoms with Gasteiger partial charge in [0.05, 0.1) is 11.3 Å². The molecule has 1 N–H and O–H groups in total. The number of nitrogens with zero attached hydrogens (tertiary/aromatic N) is 5. The van der Waals surface area contributed by atoms with Gasteiger partial charge in [-0.3, -0.25) is 19.8 Å². The topological polar surface area (TPSA) is 75.5 Å². The van der Waals surface area contributed by atoms with Crippen molar-refractivity contribution < 1.29 is 27.1 Å². The molecule has 0 aliphatic carbocycles. The first-order valence-electron chi connectivity index (χ1n) is 12.2. The lowest BCUT2D eigenvalue weighted by atomic mass is 9.94. The highest BCUT2D eigenvalue weighted by Gasteiger charge is 2.30. The van der Waals surface area contributed by atoms with Gasteiger partial charge in [-0.15, -0.1) is 0 Å². The number of piperidine rings is 1. The number of nitrogens with one attached hydrogen (secondary N) is 1. The minimum absolute atomic E-state index is 0.0866. The van der Waals surface area contributed by atoms with Gasteiger partial charge in [-0.2, -0.15) is 18.3 Å². The lowest BCUT2D eigenvalue weighted by molar-refractivity contribution is -0.153. The Morgan fingerprint density at radius 2 is 2.03 bits per heavy atom. The van der Waals surface area contributed by atoms with Gasteiger partial charge >= 0.3 is 6.18 Å². The third-order valence-corrected chi connectivity index (χ3v) is 7.93. The molecule has 0 radical (unpaired) electrons. The van der Waals surface area contributed by atoms with Crippen molar-refractivity contribution in [2.45, 2.75) is 38.4 Å². The summed E-state index contributed by atoms with van der Waals surface area (Å²) in [5, 5.41) is 6.58. The van der Waals surface area contributed by atoms with Crippen LogP contribution in [0.1, 0.15) is 40.2 Å². The van der Waals surface area contributed by atoms with Crippen LogP contribution < -0.4 is 10.2 Å². The largest absolute Gasteiger partial charge is 0.460 e. The van der Waals surface area contributed by atoms with Crippen LogP contribution in [-0.4, -0.2) is 69.5 Å². The summed E-state index contributed by atoms with van der Waals surface area (Å²) in [5.41, 5.74) is 4.34. The number of thiazole rings is 1. The van der Waals surface area contributed by atoms with Crippen LogP contribution in [0.4, 0.5) is 17.6 Å². The minimum Gasteiger partial charge on any atom is -0.460 e. The van der Waals surface area contributed by atoms with Crippen molar-refractivity contribution in [3.63, 3.8) is 0 Å². The number of carbonyl (C=O) groups is 1. The number of halogens is 4. The average Bonchev–Trinajstić information content (AvgIpc) is 3.45. The van der Waals surface area contributed by atoms with E-state index in [1.165, 1.54) is 28.2 Å². The molecule has 0 saturated carbocycles. The number of amides is 1. The Hall–Kier alpha value is -2.77. The predicted molar refractivity (Wildman–Crippen MR) is 130 cm³/mol. The summed E-state index contributed by atoms with van der Waals surface area (Å²) in [6.45, 7) is 2.50. The Balaban J connectivity index is 1.07. The van der Waals surface area contributed by atoms with Crippen molar-refractivity contribution in [1.29, 1.82) is 0 Å². The number of hydrogen-bond acceptors (Lipinski definition) is 7. The summed E-state index contributed by atoms with van der Waals surface area (Å²) in [5.74, 6) is -0.211. The Labute approximate surface area is 215 Å². The summed E-state index contributed by atoms with van der Waals surface area (Å²) in [6.07, 6.45) is 0.927. The highest BCUT2D eigenvalue weighted by molar-refractivity contribution is 7.13. The first-order chi connectivity index (χ1) is 17.6. The molecule has 2 aliphatic heterocycles. The second-order valence-electron chi connectivity index (χ2n) is 9.60. The summed E-state index contributed by atoms with van der Waals surface area (Å²) >= 11 is 1.21. The van der Waals surface area contributed by atoms with Gasteiger partial charge in [0.15, 0.2) is 12.4 Å². The van der Waals surface area contributed by atoms with E-state index in [1.807, 2.05) is 5.01 Å². The van der Waals surface area contributed by atoms with E-state index in [2.05, 4.69) is 20.4 Å². The quantitative estimate of drug-likeness (QED) is 0.458. The zero-order valence-electron chi connectivity index (χ0n) is 20.4. The molecule has 0 atom stereocenters. The van der Waals surface area contributed by atoms with Crippen LogP contribution in [0.15, 0.2) is 18.3 Å². The molecule has 1 amide bonds. The van der Waals surface area contributed by atoms with Crippen LogP contribution in [0.25, 0.3) is 10.9 Å². The number of fused-ring (bicyclic) bond motifs is 2. The molecule has 1 fully saturated rings.